The smallest absolute Gasteiger partial charge is 0.243 e. The minimum atomic E-state index is -3.86. The zero-order valence-corrected chi connectivity index (χ0v) is 27.8. The minimum Gasteiger partial charge on any atom is -0.497 e. The summed E-state index contributed by atoms with van der Waals surface area (Å²) in [5.41, 5.74) is 7.17. The Balaban J connectivity index is 1.33. The quantitative estimate of drug-likeness (QED) is 0.163. The zero-order chi connectivity index (χ0) is 35.3. The van der Waals surface area contributed by atoms with Crippen LogP contribution in [0, 0.1) is 23.3 Å². The van der Waals surface area contributed by atoms with Crippen LogP contribution in [0.3, 0.4) is 0 Å². The molecule has 0 aromatic heterocycles. The fraction of sp³-hybridized carbons (Fsp3) is 0.306. The van der Waals surface area contributed by atoms with E-state index in [4.69, 9.17) is 10.5 Å². The van der Waals surface area contributed by atoms with Gasteiger partial charge in [-0.3, -0.25) is 4.79 Å². The Morgan fingerprint density at radius 1 is 0.939 bits per heavy atom. The van der Waals surface area contributed by atoms with Crippen molar-refractivity contribution in [3.63, 3.8) is 0 Å². The van der Waals surface area contributed by atoms with E-state index in [1.165, 1.54) is 53.9 Å². The molecule has 0 radical (unpaired) electrons. The highest BCUT2D eigenvalue weighted by Gasteiger charge is 2.38. The van der Waals surface area contributed by atoms with Gasteiger partial charge in [0.05, 0.1) is 18.0 Å². The number of amides is 1. The number of sulfonamides is 1. The Hall–Kier alpha value is -4.30. The maximum absolute atomic E-state index is 15.3. The van der Waals surface area contributed by atoms with Gasteiger partial charge in [0, 0.05) is 48.4 Å². The van der Waals surface area contributed by atoms with Crippen LogP contribution in [0.4, 0.5) is 23.2 Å². The molecule has 5 rings (SSSR count). The summed E-state index contributed by atoms with van der Waals surface area (Å²) in [5.74, 6) is -4.16. The lowest BCUT2D eigenvalue weighted by molar-refractivity contribution is -0.117. The Morgan fingerprint density at radius 2 is 1.61 bits per heavy atom. The van der Waals surface area contributed by atoms with E-state index < -0.39 is 57.2 Å². The molecule has 1 aliphatic heterocycles. The highest BCUT2D eigenvalue weighted by atomic mass is 32.2. The summed E-state index contributed by atoms with van der Waals surface area (Å²) in [6.45, 7) is 2.70. The van der Waals surface area contributed by atoms with Crippen LogP contribution in [-0.2, 0) is 21.2 Å². The standard InChI is InChI=1S/C36H38F4N4O4S/c1-22-20-42-21-28(44(22)49(46,47)30-15-13-29(48-2)14-16-30)5-3-6-31-32(40)7-4-8-33(31)43-36(45)35(41)34(23-9-11-25(37)12-10-23)24-17-26(38)19-27(39)18-24/h4,7-19,22,28,34-35,42H,3,5-6,20-21,41H2,1-2H3,(H,43,45)/t22-,28-,34-,35-/m0/s1. The summed E-state index contributed by atoms with van der Waals surface area (Å²) in [6.07, 6.45) is 0.936. The van der Waals surface area contributed by atoms with Crippen LogP contribution in [0.15, 0.2) is 89.8 Å². The predicted octanol–water partition coefficient (Wildman–Crippen LogP) is 5.72. The SMILES string of the molecule is COc1ccc(S(=O)(=O)N2[C@@H](CCCc3c(F)cccc3NC(=O)[C@@H](N)[C@@H](c3ccc(F)cc3)c3cc(F)cc(F)c3)CNC[C@@H]2C)cc1. The Labute approximate surface area is 283 Å². The number of carbonyl (C=O) groups is 1. The summed E-state index contributed by atoms with van der Waals surface area (Å²) in [5, 5.41) is 5.95. The molecule has 0 unspecified atom stereocenters. The summed E-state index contributed by atoms with van der Waals surface area (Å²) in [7, 11) is -2.36. The molecular formula is C36H38F4N4O4S. The van der Waals surface area contributed by atoms with Crippen molar-refractivity contribution in [3.8, 4) is 5.75 Å². The molecule has 0 spiro atoms. The molecule has 1 amide bonds. The summed E-state index contributed by atoms with van der Waals surface area (Å²) < 4.78 is 91.6. The zero-order valence-electron chi connectivity index (χ0n) is 27.0. The fourth-order valence-electron chi connectivity index (χ4n) is 6.37. The van der Waals surface area contributed by atoms with Gasteiger partial charge >= 0.3 is 0 Å². The summed E-state index contributed by atoms with van der Waals surface area (Å²) >= 11 is 0. The number of ether oxygens (including phenoxy) is 1. The van der Waals surface area contributed by atoms with Gasteiger partial charge in [0.15, 0.2) is 0 Å². The van der Waals surface area contributed by atoms with Crippen molar-refractivity contribution >= 4 is 21.6 Å². The highest BCUT2D eigenvalue weighted by Crippen LogP contribution is 2.31. The van der Waals surface area contributed by atoms with Gasteiger partial charge in [-0.25, -0.2) is 26.0 Å². The van der Waals surface area contributed by atoms with E-state index in [1.807, 2.05) is 6.92 Å². The molecule has 260 valence electrons. The molecule has 1 fully saturated rings. The predicted molar refractivity (Wildman–Crippen MR) is 179 cm³/mol. The number of nitrogens with two attached hydrogens (primary N) is 1. The number of benzene rings is 4. The van der Waals surface area contributed by atoms with Gasteiger partial charge in [-0.1, -0.05) is 18.2 Å². The van der Waals surface area contributed by atoms with E-state index in [2.05, 4.69) is 10.6 Å². The van der Waals surface area contributed by atoms with Gasteiger partial charge in [-0.15, -0.1) is 0 Å². The fourth-order valence-corrected chi connectivity index (χ4v) is 8.22. The third-order valence-corrected chi connectivity index (χ3v) is 10.8. The van der Waals surface area contributed by atoms with E-state index in [-0.39, 0.29) is 34.2 Å². The van der Waals surface area contributed by atoms with E-state index in [0.29, 0.717) is 43.3 Å². The first kappa shape index (κ1) is 36.0. The van der Waals surface area contributed by atoms with Gasteiger partial charge in [-0.05, 0) is 98.0 Å². The first-order valence-electron chi connectivity index (χ1n) is 15.8. The number of nitrogens with one attached hydrogen (secondary N) is 2. The van der Waals surface area contributed by atoms with Gasteiger partial charge < -0.3 is 21.1 Å². The lowest BCUT2D eigenvalue weighted by Gasteiger charge is -2.40. The van der Waals surface area contributed by atoms with Crippen molar-refractivity contribution < 1.29 is 35.5 Å². The van der Waals surface area contributed by atoms with Crippen molar-refractivity contribution in [2.45, 2.75) is 55.1 Å². The molecule has 1 heterocycles. The van der Waals surface area contributed by atoms with E-state index in [9.17, 15) is 26.4 Å². The molecule has 13 heteroatoms. The Morgan fingerprint density at radius 3 is 2.27 bits per heavy atom. The third-order valence-electron chi connectivity index (χ3n) is 8.72. The number of nitrogens with zero attached hydrogens (tertiary/aromatic N) is 1. The van der Waals surface area contributed by atoms with Gasteiger partial charge in [0.2, 0.25) is 15.9 Å². The number of piperazine rings is 1. The average Bonchev–Trinajstić information content (AvgIpc) is 3.06. The van der Waals surface area contributed by atoms with Crippen LogP contribution in [0.2, 0.25) is 0 Å². The van der Waals surface area contributed by atoms with Crippen LogP contribution in [0.1, 0.15) is 42.4 Å². The number of methoxy groups -OCH3 is 1. The second-order valence-electron chi connectivity index (χ2n) is 12.1. The van der Waals surface area contributed by atoms with Crippen LogP contribution >= 0.6 is 0 Å². The highest BCUT2D eigenvalue weighted by molar-refractivity contribution is 7.89. The van der Waals surface area contributed by atoms with Crippen molar-refractivity contribution in [2.24, 2.45) is 5.73 Å². The number of anilines is 1. The first-order chi connectivity index (χ1) is 23.4. The average molecular weight is 699 g/mol. The summed E-state index contributed by atoms with van der Waals surface area (Å²) in [6, 6.07) is 16.1. The topological polar surface area (TPSA) is 114 Å². The molecule has 4 aromatic carbocycles. The lowest BCUT2D eigenvalue weighted by Crippen LogP contribution is -2.58. The molecule has 49 heavy (non-hydrogen) atoms. The molecule has 4 atom stereocenters. The molecule has 8 nitrogen and oxygen atoms in total. The Bertz CT molecular complexity index is 1860. The van der Waals surface area contributed by atoms with Gasteiger partial charge in [0.1, 0.15) is 29.0 Å². The lowest BCUT2D eigenvalue weighted by atomic mass is 9.84. The first-order valence-corrected chi connectivity index (χ1v) is 17.3. The van der Waals surface area contributed by atoms with Crippen LogP contribution < -0.4 is 21.1 Å². The van der Waals surface area contributed by atoms with Crippen molar-refractivity contribution in [1.82, 2.24) is 9.62 Å². The van der Waals surface area contributed by atoms with E-state index in [1.54, 1.807) is 12.1 Å². The number of halogens is 4. The molecular weight excluding hydrogens is 660 g/mol. The van der Waals surface area contributed by atoms with E-state index in [0.717, 1.165) is 24.3 Å². The van der Waals surface area contributed by atoms with Gasteiger partial charge in [-0.2, -0.15) is 4.31 Å². The number of rotatable bonds is 12. The van der Waals surface area contributed by atoms with Crippen molar-refractivity contribution in [3.05, 3.63) is 125 Å². The maximum Gasteiger partial charge on any atom is 0.243 e. The molecule has 1 saturated heterocycles. The molecule has 4 N–H and O–H groups in total. The molecule has 1 aliphatic rings. The molecule has 0 saturated carbocycles. The second kappa shape index (κ2) is 15.5. The van der Waals surface area contributed by atoms with Crippen molar-refractivity contribution in [1.29, 1.82) is 0 Å². The van der Waals surface area contributed by atoms with Crippen LogP contribution in [-0.4, -0.2) is 57.0 Å². The normalized spacial score (nSPS) is 18.1. The molecule has 0 aliphatic carbocycles. The number of hydrogen-bond donors (Lipinski definition) is 3. The number of carbonyl (C=O) groups excluding carboxylic acids is 1. The maximum atomic E-state index is 15.3. The largest absolute Gasteiger partial charge is 0.497 e. The third kappa shape index (κ3) is 8.30. The Kier molecular flexibility index (Phi) is 11.4. The van der Waals surface area contributed by atoms with E-state index >= 15 is 4.39 Å². The monoisotopic (exact) mass is 698 g/mol. The number of hydrogen-bond acceptors (Lipinski definition) is 6. The minimum absolute atomic E-state index is 0.0655. The summed E-state index contributed by atoms with van der Waals surface area (Å²) in [4.78, 5) is 13.7. The van der Waals surface area contributed by atoms with Gasteiger partial charge in [0.25, 0.3) is 0 Å². The molecule has 0 bridgehead atoms. The van der Waals surface area contributed by atoms with Crippen LogP contribution in [0.5, 0.6) is 5.75 Å². The second-order valence-corrected chi connectivity index (χ2v) is 13.9. The molecule has 4 aromatic rings. The van der Waals surface area contributed by atoms with Crippen LogP contribution in [0.25, 0.3) is 0 Å². The van der Waals surface area contributed by atoms with Crippen molar-refractivity contribution in [2.75, 3.05) is 25.5 Å².